The summed E-state index contributed by atoms with van der Waals surface area (Å²) in [4.78, 5) is 12.6. The van der Waals surface area contributed by atoms with Crippen LogP contribution < -0.4 is 0 Å². The number of methoxy groups -OCH3 is 1. The van der Waals surface area contributed by atoms with Gasteiger partial charge in [-0.05, 0) is 6.42 Å². The minimum atomic E-state index is -0.264. The number of ether oxygens (including phenoxy) is 1. The molecule has 0 aromatic carbocycles. The molecule has 1 atom stereocenters. The number of esters is 1. The summed E-state index contributed by atoms with van der Waals surface area (Å²) in [5.74, 6) is -0.237. The molecule has 1 N–H and O–H groups in total. The third-order valence-corrected chi connectivity index (χ3v) is 1.83. The molecule has 1 aliphatic heterocycles. The van der Waals surface area contributed by atoms with Crippen molar-refractivity contribution in [3.63, 3.8) is 0 Å². The van der Waals surface area contributed by atoms with Gasteiger partial charge in [0.1, 0.15) is 0 Å². The van der Waals surface area contributed by atoms with Gasteiger partial charge in [0.15, 0.2) is 0 Å². The highest BCUT2D eigenvalue weighted by Crippen LogP contribution is 2.07. The molecule has 1 rings (SSSR count). The maximum atomic E-state index is 10.7. The van der Waals surface area contributed by atoms with Crippen molar-refractivity contribution in [2.75, 3.05) is 26.7 Å². The summed E-state index contributed by atoms with van der Waals surface area (Å²) >= 11 is 0. The third-order valence-electron chi connectivity index (χ3n) is 1.83. The van der Waals surface area contributed by atoms with Crippen LogP contribution in [0.4, 0.5) is 0 Å². The van der Waals surface area contributed by atoms with Crippen molar-refractivity contribution in [3.8, 4) is 0 Å². The number of hydrogen-bond acceptors (Lipinski definition) is 4. The first-order valence-electron chi connectivity index (χ1n) is 3.69. The molecule has 11 heavy (non-hydrogen) atoms. The number of aliphatic hydroxyl groups is 1. The first-order chi connectivity index (χ1) is 5.22. The standard InChI is InChI=1S/C7H13NO3/c1-11-7(10)5-8-3-2-6(9)4-8/h6,9H,2-5H2,1H3/t6-/m1/s1. The normalized spacial score (nSPS) is 25.5. The van der Waals surface area contributed by atoms with E-state index in [-0.39, 0.29) is 12.1 Å². The Balaban J connectivity index is 2.23. The van der Waals surface area contributed by atoms with E-state index < -0.39 is 0 Å². The van der Waals surface area contributed by atoms with Crippen LogP contribution in [-0.4, -0.2) is 48.8 Å². The molecule has 0 aliphatic carbocycles. The van der Waals surface area contributed by atoms with E-state index in [1.807, 2.05) is 4.90 Å². The lowest BCUT2D eigenvalue weighted by Gasteiger charge is -2.11. The maximum absolute atomic E-state index is 10.7. The molecule has 64 valence electrons. The molecule has 4 heteroatoms. The second-order valence-corrected chi connectivity index (χ2v) is 2.75. The lowest BCUT2D eigenvalue weighted by atomic mass is 10.3. The fraction of sp³-hybridized carbons (Fsp3) is 0.857. The Hall–Kier alpha value is -0.610. The van der Waals surface area contributed by atoms with Crippen LogP contribution in [0.1, 0.15) is 6.42 Å². The highest BCUT2D eigenvalue weighted by atomic mass is 16.5. The Morgan fingerprint density at radius 1 is 1.82 bits per heavy atom. The van der Waals surface area contributed by atoms with Gasteiger partial charge >= 0.3 is 5.97 Å². The van der Waals surface area contributed by atoms with Crippen LogP contribution in [0.2, 0.25) is 0 Å². The van der Waals surface area contributed by atoms with E-state index in [1.54, 1.807) is 0 Å². The van der Waals surface area contributed by atoms with Gasteiger partial charge in [0.25, 0.3) is 0 Å². The van der Waals surface area contributed by atoms with E-state index in [1.165, 1.54) is 7.11 Å². The summed E-state index contributed by atoms with van der Waals surface area (Å²) < 4.78 is 4.49. The number of carbonyl (C=O) groups is 1. The number of likely N-dealkylation sites (tertiary alicyclic amines) is 1. The Bertz CT molecular complexity index is 149. The average molecular weight is 159 g/mol. The Morgan fingerprint density at radius 2 is 2.55 bits per heavy atom. The first kappa shape index (κ1) is 8.49. The summed E-state index contributed by atoms with van der Waals surface area (Å²) in [5, 5.41) is 9.09. The smallest absolute Gasteiger partial charge is 0.319 e. The average Bonchev–Trinajstić information content (AvgIpc) is 2.35. The minimum absolute atomic E-state index is 0.237. The number of hydrogen-bond donors (Lipinski definition) is 1. The van der Waals surface area contributed by atoms with Gasteiger partial charge in [0.05, 0.1) is 19.8 Å². The summed E-state index contributed by atoms with van der Waals surface area (Å²) in [6.07, 6.45) is 0.497. The third kappa shape index (κ3) is 2.48. The predicted molar refractivity (Wildman–Crippen MR) is 39.1 cm³/mol. The maximum Gasteiger partial charge on any atom is 0.319 e. The number of aliphatic hydroxyl groups excluding tert-OH is 1. The van der Waals surface area contributed by atoms with Crippen molar-refractivity contribution in [1.82, 2.24) is 4.90 Å². The molecule has 1 aliphatic rings. The van der Waals surface area contributed by atoms with E-state index >= 15 is 0 Å². The van der Waals surface area contributed by atoms with E-state index in [9.17, 15) is 4.79 Å². The van der Waals surface area contributed by atoms with Crippen molar-refractivity contribution in [2.24, 2.45) is 0 Å². The molecule has 0 amide bonds. The van der Waals surface area contributed by atoms with Gasteiger partial charge in [0.2, 0.25) is 0 Å². The summed E-state index contributed by atoms with van der Waals surface area (Å²) in [6, 6.07) is 0. The van der Waals surface area contributed by atoms with Crippen molar-refractivity contribution in [2.45, 2.75) is 12.5 Å². The molecule has 0 bridgehead atoms. The molecule has 0 aromatic rings. The molecule has 0 spiro atoms. The molecule has 0 saturated carbocycles. The van der Waals surface area contributed by atoms with Crippen LogP contribution in [0.15, 0.2) is 0 Å². The molecular formula is C7H13NO3. The lowest BCUT2D eigenvalue weighted by Crippen LogP contribution is -2.29. The molecular weight excluding hydrogens is 146 g/mol. The summed E-state index contributed by atoms with van der Waals surface area (Å²) in [7, 11) is 1.37. The van der Waals surface area contributed by atoms with E-state index in [0.717, 1.165) is 13.0 Å². The van der Waals surface area contributed by atoms with Crippen LogP contribution in [0, 0.1) is 0 Å². The van der Waals surface area contributed by atoms with Crippen molar-refractivity contribution in [3.05, 3.63) is 0 Å². The molecule has 0 unspecified atom stereocenters. The highest BCUT2D eigenvalue weighted by Gasteiger charge is 2.21. The zero-order valence-corrected chi connectivity index (χ0v) is 6.62. The van der Waals surface area contributed by atoms with Crippen LogP contribution >= 0.6 is 0 Å². The SMILES string of the molecule is COC(=O)CN1CC[C@@H](O)C1. The Labute approximate surface area is 65.8 Å². The van der Waals surface area contributed by atoms with Gasteiger partial charge in [-0.25, -0.2) is 0 Å². The van der Waals surface area contributed by atoms with Crippen LogP contribution in [0.5, 0.6) is 0 Å². The van der Waals surface area contributed by atoms with Crippen molar-refractivity contribution in [1.29, 1.82) is 0 Å². The van der Waals surface area contributed by atoms with Crippen molar-refractivity contribution >= 4 is 5.97 Å². The second-order valence-electron chi connectivity index (χ2n) is 2.75. The molecule has 4 nitrogen and oxygen atoms in total. The van der Waals surface area contributed by atoms with Gasteiger partial charge in [-0.1, -0.05) is 0 Å². The van der Waals surface area contributed by atoms with Crippen LogP contribution in [0.3, 0.4) is 0 Å². The van der Waals surface area contributed by atoms with Gasteiger partial charge in [0, 0.05) is 13.1 Å². The number of rotatable bonds is 2. The fourth-order valence-electron chi connectivity index (χ4n) is 1.20. The van der Waals surface area contributed by atoms with Crippen LogP contribution in [-0.2, 0) is 9.53 Å². The van der Waals surface area contributed by atoms with E-state index in [2.05, 4.69) is 4.74 Å². The largest absolute Gasteiger partial charge is 0.468 e. The summed E-state index contributed by atoms with van der Waals surface area (Å²) in [5.41, 5.74) is 0. The number of nitrogens with zero attached hydrogens (tertiary/aromatic N) is 1. The monoisotopic (exact) mass is 159 g/mol. The lowest BCUT2D eigenvalue weighted by molar-refractivity contribution is -0.141. The number of β-amino-alcohol motifs (C(OH)–C–C–N with tert-alkyl or cyclic N) is 1. The summed E-state index contributed by atoms with van der Waals surface area (Å²) in [6.45, 7) is 1.68. The van der Waals surface area contributed by atoms with Gasteiger partial charge in [-0.15, -0.1) is 0 Å². The molecule has 0 radical (unpaired) electrons. The predicted octanol–water partition coefficient (Wildman–Crippen LogP) is -0.774. The van der Waals surface area contributed by atoms with E-state index in [4.69, 9.17) is 5.11 Å². The zero-order chi connectivity index (χ0) is 8.27. The fourth-order valence-corrected chi connectivity index (χ4v) is 1.20. The second kappa shape index (κ2) is 3.69. The minimum Gasteiger partial charge on any atom is -0.468 e. The Kier molecular flexibility index (Phi) is 2.84. The molecule has 1 saturated heterocycles. The molecule has 0 aromatic heterocycles. The van der Waals surface area contributed by atoms with Crippen LogP contribution in [0.25, 0.3) is 0 Å². The highest BCUT2D eigenvalue weighted by molar-refractivity contribution is 5.71. The van der Waals surface area contributed by atoms with Gasteiger partial charge in [-0.3, -0.25) is 9.69 Å². The topological polar surface area (TPSA) is 49.8 Å². The molecule has 1 heterocycles. The van der Waals surface area contributed by atoms with Gasteiger partial charge in [-0.2, -0.15) is 0 Å². The van der Waals surface area contributed by atoms with Gasteiger partial charge < -0.3 is 9.84 Å². The van der Waals surface area contributed by atoms with Crippen molar-refractivity contribution < 1.29 is 14.6 Å². The Morgan fingerprint density at radius 3 is 3.00 bits per heavy atom. The zero-order valence-electron chi connectivity index (χ0n) is 6.62. The quantitative estimate of drug-likeness (QED) is 0.537. The molecule has 1 fully saturated rings. The van der Waals surface area contributed by atoms with E-state index in [0.29, 0.717) is 13.1 Å². The first-order valence-corrected chi connectivity index (χ1v) is 3.69. The number of carbonyl (C=O) groups excluding carboxylic acids is 1.